The van der Waals surface area contributed by atoms with E-state index in [0.717, 1.165) is 0 Å². The van der Waals surface area contributed by atoms with Gasteiger partial charge in [0.15, 0.2) is 11.4 Å². The van der Waals surface area contributed by atoms with Gasteiger partial charge in [0, 0.05) is 13.2 Å². The van der Waals surface area contributed by atoms with E-state index >= 15 is 0 Å². The first-order chi connectivity index (χ1) is 9.40. The van der Waals surface area contributed by atoms with Crippen LogP contribution in [0.4, 0.5) is 0 Å². The van der Waals surface area contributed by atoms with Crippen LogP contribution in [0, 0.1) is 0 Å². The monoisotopic (exact) mass is 300 g/mol. The average molecular weight is 300 g/mol. The Morgan fingerprint density at radius 3 is 3.00 bits per heavy atom. The smallest absolute Gasteiger partial charge is 0.358 e. The topological polar surface area (TPSA) is 86.6 Å². The molecular formula is C12H16N2O5S. The minimum Gasteiger partial charge on any atom is -0.488 e. The Hall–Kier alpha value is -1.80. The molecule has 2 rings (SSSR count). The number of hydrogen-bond donors (Lipinski definition) is 1. The lowest BCUT2D eigenvalue weighted by Gasteiger charge is -2.11. The van der Waals surface area contributed by atoms with E-state index < -0.39 is 22.0 Å². The van der Waals surface area contributed by atoms with Crippen LogP contribution in [0.25, 0.3) is 0 Å². The fraction of sp³-hybridized carbons (Fsp3) is 0.417. The van der Waals surface area contributed by atoms with Crippen molar-refractivity contribution in [2.75, 3.05) is 13.2 Å². The molecule has 0 amide bonds. The molecule has 1 aromatic rings. The molecule has 8 heteroatoms. The van der Waals surface area contributed by atoms with E-state index in [0.29, 0.717) is 0 Å². The van der Waals surface area contributed by atoms with Crippen molar-refractivity contribution in [3.8, 4) is 5.75 Å². The van der Waals surface area contributed by atoms with Crippen LogP contribution in [0.5, 0.6) is 5.75 Å². The van der Waals surface area contributed by atoms with E-state index in [1.165, 1.54) is 16.8 Å². The van der Waals surface area contributed by atoms with Crippen molar-refractivity contribution >= 4 is 16.0 Å². The quantitative estimate of drug-likeness (QED) is 0.646. The molecule has 0 aromatic carbocycles. The third kappa shape index (κ3) is 2.44. The van der Waals surface area contributed by atoms with Gasteiger partial charge in [0.2, 0.25) is 10.0 Å². The van der Waals surface area contributed by atoms with E-state index in [9.17, 15) is 13.2 Å². The summed E-state index contributed by atoms with van der Waals surface area (Å²) in [6, 6.07) is -0.548. The van der Waals surface area contributed by atoms with Gasteiger partial charge in [-0.15, -0.1) is 6.58 Å². The molecule has 1 N–H and O–H groups in total. The summed E-state index contributed by atoms with van der Waals surface area (Å²) in [7, 11) is -2.20. The molecule has 0 bridgehead atoms. The molecule has 0 saturated heterocycles. The number of carbonyl (C=O) groups excluding carboxylic acids is 1. The molecule has 7 nitrogen and oxygen atoms in total. The van der Waals surface area contributed by atoms with Crippen molar-refractivity contribution in [2.24, 2.45) is 7.05 Å². The summed E-state index contributed by atoms with van der Waals surface area (Å²) in [6.45, 7) is 5.47. The normalized spacial score (nSPS) is 20.4. The number of aryl methyl sites for hydroxylation is 1. The number of nitrogens with one attached hydrogen (secondary N) is 1. The first-order valence-corrected chi connectivity index (χ1v) is 7.53. The molecule has 20 heavy (non-hydrogen) atoms. The molecule has 1 aliphatic rings. The number of esters is 1. The molecule has 2 heterocycles. The number of carbonyl (C=O) groups is 1. The summed E-state index contributed by atoms with van der Waals surface area (Å²) in [5.74, 6) is -0.605. The van der Waals surface area contributed by atoms with E-state index in [-0.39, 0.29) is 29.6 Å². The van der Waals surface area contributed by atoms with Crippen molar-refractivity contribution in [3.63, 3.8) is 0 Å². The number of fused-ring (bicyclic) bond motifs is 1. The van der Waals surface area contributed by atoms with Crippen LogP contribution < -0.4 is 9.46 Å². The second kappa shape index (κ2) is 5.29. The molecule has 1 aromatic heterocycles. The number of aromatic nitrogens is 1. The van der Waals surface area contributed by atoms with Crippen LogP contribution in [0.2, 0.25) is 0 Å². The number of ether oxygens (including phenoxy) is 2. The van der Waals surface area contributed by atoms with Crippen molar-refractivity contribution in [2.45, 2.75) is 17.9 Å². The zero-order valence-electron chi connectivity index (χ0n) is 11.3. The Bertz CT molecular complexity index is 647. The Kier molecular flexibility index (Phi) is 3.87. The molecule has 0 fully saturated rings. The largest absolute Gasteiger partial charge is 0.488 e. The van der Waals surface area contributed by atoms with Crippen LogP contribution in [0.1, 0.15) is 17.4 Å². The SMILES string of the molecule is C=C[C@H]1COc2c(cn(C)c2C(=O)OCC)S(=O)(=O)N1. The van der Waals surface area contributed by atoms with Gasteiger partial charge in [-0.1, -0.05) is 6.08 Å². The molecule has 0 saturated carbocycles. The van der Waals surface area contributed by atoms with Gasteiger partial charge in [-0.05, 0) is 6.92 Å². The molecule has 0 unspecified atom stereocenters. The number of sulfonamides is 1. The lowest BCUT2D eigenvalue weighted by molar-refractivity contribution is 0.0510. The van der Waals surface area contributed by atoms with Crippen molar-refractivity contribution in [3.05, 3.63) is 24.5 Å². The fourth-order valence-corrected chi connectivity index (χ4v) is 3.32. The average Bonchev–Trinajstić information content (AvgIpc) is 2.66. The van der Waals surface area contributed by atoms with E-state index in [2.05, 4.69) is 11.3 Å². The molecule has 0 spiro atoms. The summed E-state index contributed by atoms with van der Waals surface area (Å²) in [4.78, 5) is 11.8. The molecule has 1 atom stereocenters. The molecule has 0 aliphatic carbocycles. The second-order valence-electron chi connectivity index (χ2n) is 4.28. The highest BCUT2D eigenvalue weighted by Crippen LogP contribution is 2.32. The minimum absolute atomic E-state index is 0.0165. The number of hydrogen-bond acceptors (Lipinski definition) is 5. The maximum atomic E-state index is 12.2. The van der Waals surface area contributed by atoms with E-state index in [1.807, 2.05) is 0 Å². The van der Waals surface area contributed by atoms with Crippen LogP contribution in [0.3, 0.4) is 0 Å². The first-order valence-electron chi connectivity index (χ1n) is 6.04. The van der Waals surface area contributed by atoms with Gasteiger partial charge in [-0.3, -0.25) is 0 Å². The van der Waals surface area contributed by atoms with Gasteiger partial charge in [-0.25, -0.2) is 17.9 Å². The van der Waals surface area contributed by atoms with Crippen molar-refractivity contribution < 1.29 is 22.7 Å². The number of nitrogens with zero attached hydrogens (tertiary/aromatic N) is 1. The van der Waals surface area contributed by atoms with Gasteiger partial charge < -0.3 is 14.0 Å². The fourth-order valence-electron chi connectivity index (χ4n) is 1.93. The highest BCUT2D eigenvalue weighted by atomic mass is 32.2. The summed E-state index contributed by atoms with van der Waals surface area (Å²) in [5.41, 5.74) is 0.0805. The highest BCUT2D eigenvalue weighted by molar-refractivity contribution is 7.89. The second-order valence-corrected chi connectivity index (χ2v) is 5.96. The van der Waals surface area contributed by atoms with Gasteiger partial charge in [0.25, 0.3) is 0 Å². The Balaban J connectivity index is 2.55. The predicted molar refractivity (Wildman–Crippen MR) is 71.2 cm³/mol. The summed E-state index contributed by atoms with van der Waals surface area (Å²) < 4.78 is 38.6. The maximum Gasteiger partial charge on any atom is 0.358 e. The summed E-state index contributed by atoms with van der Waals surface area (Å²) in [6.07, 6.45) is 2.77. The van der Waals surface area contributed by atoms with Crippen LogP contribution in [-0.2, 0) is 21.8 Å². The van der Waals surface area contributed by atoms with E-state index in [1.54, 1.807) is 14.0 Å². The van der Waals surface area contributed by atoms with Gasteiger partial charge >= 0.3 is 5.97 Å². The van der Waals surface area contributed by atoms with Gasteiger partial charge in [0.05, 0.1) is 12.6 Å². The Labute approximate surface area is 117 Å². The highest BCUT2D eigenvalue weighted by Gasteiger charge is 2.34. The van der Waals surface area contributed by atoms with Gasteiger partial charge in [0.1, 0.15) is 11.5 Å². The minimum atomic E-state index is -3.76. The summed E-state index contributed by atoms with van der Waals surface area (Å²) >= 11 is 0. The molecular weight excluding hydrogens is 284 g/mol. The molecule has 1 aliphatic heterocycles. The Morgan fingerprint density at radius 1 is 1.70 bits per heavy atom. The molecule has 110 valence electrons. The van der Waals surface area contributed by atoms with Crippen LogP contribution in [0.15, 0.2) is 23.7 Å². The van der Waals surface area contributed by atoms with E-state index in [4.69, 9.17) is 9.47 Å². The van der Waals surface area contributed by atoms with Crippen LogP contribution >= 0.6 is 0 Å². The van der Waals surface area contributed by atoms with Gasteiger partial charge in [-0.2, -0.15) is 0 Å². The third-order valence-corrected chi connectivity index (χ3v) is 4.34. The van der Waals surface area contributed by atoms with Crippen molar-refractivity contribution in [1.82, 2.24) is 9.29 Å². The third-order valence-electron chi connectivity index (χ3n) is 2.86. The Morgan fingerprint density at radius 2 is 2.40 bits per heavy atom. The zero-order valence-corrected chi connectivity index (χ0v) is 12.1. The summed E-state index contributed by atoms with van der Waals surface area (Å²) in [5, 5.41) is 0. The number of rotatable bonds is 3. The maximum absolute atomic E-state index is 12.2. The first kappa shape index (κ1) is 14.6. The van der Waals surface area contributed by atoms with Crippen molar-refractivity contribution in [1.29, 1.82) is 0 Å². The van der Waals surface area contributed by atoms with Crippen LogP contribution in [-0.4, -0.2) is 38.2 Å². The zero-order chi connectivity index (χ0) is 14.9. The lowest BCUT2D eigenvalue weighted by atomic mass is 10.3. The predicted octanol–water partition coefficient (Wildman–Crippen LogP) is 0.427. The standard InChI is InChI=1S/C12H16N2O5S/c1-4-8-7-19-11-9(20(16,17)13-8)6-14(3)10(11)12(15)18-5-2/h4,6,8,13H,1,5,7H2,2-3H3/t8-/m0/s1. The lowest BCUT2D eigenvalue weighted by Crippen LogP contribution is -2.35. The molecule has 0 radical (unpaired) electrons.